The van der Waals surface area contributed by atoms with Crippen molar-refractivity contribution in [3.8, 4) is 0 Å². The van der Waals surface area contributed by atoms with Gasteiger partial charge < -0.3 is 5.32 Å². The van der Waals surface area contributed by atoms with Crippen LogP contribution in [0.5, 0.6) is 0 Å². The Bertz CT molecular complexity index is 632. The molecule has 0 saturated carbocycles. The highest BCUT2D eigenvalue weighted by atomic mass is 32.2. The maximum atomic E-state index is 3.38. The number of thioether (sulfide) groups is 1. The monoisotopic (exact) mass is 313 g/mol. The van der Waals surface area contributed by atoms with Crippen LogP contribution in [0.1, 0.15) is 12.0 Å². The van der Waals surface area contributed by atoms with Gasteiger partial charge in [-0.25, -0.2) is 0 Å². The van der Waals surface area contributed by atoms with Gasteiger partial charge in [-0.3, -0.25) is 0 Å². The van der Waals surface area contributed by atoms with Crippen molar-refractivity contribution < 1.29 is 0 Å². The summed E-state index contributed by atoms with van der Waals surface area (Å²) >= 11 is 3.64. The number of benzene rings is 2. The first-order valence-corrected chi connectivity index (χ1v) is 9.22. The van der Waals surface area contributed by atoms with Crippen LogP contribution in [0, 0.1) is 0 Å². The Morgan fingerprint density at radius 2 is 1.71 bits per heavy atom. The Morgan fingerprint density at radius 3 is 2.43 bits per heavy atom. The molecule has 0 fully saturated rings. The summed E-state index contributed by atoms with van der Waals surface area (Å²) in [5.74, 6) is 0. The summed E-state index contributed by atoms with van der Waals surface area (Å²) in [6.45, 7) is 2.06. The Labute approximate surface area is 135 Å². The van der Waals surface area contributed by atoms with E-state index in [2.05, 4.69) is 66.2 Å². The third-order valence-electron chi connectivity index (χ3n) is 3.58. The van der Waals surface area contributed by atoms with Gasteiger partial charge in [0.1, 0.15) is 0 Å². The smallest absolute Gasteiger partial charge is 0.0197 e. The van der Waals surface area contributed by atoms with Crippen LogP contribution in [0.15, 0.2) is 69.3 Å². The van der Waals surface area contributed by atoms with Crippen molar-refractivity contribution in [3.63, 3.8) is 0 Å². The second-order valence-electron chi connectivity index (χ2n) is 4.96. The predicted molar refractivity (Wildman–Crippen MR) is 94.3 cm³/mol. The molecule has 0 aromatic heterocycles. The average Bonchev–Trinajstić information content (AvgIpc) is 2.57. The molecule has 3 heteroatoms. The third kappa shape index (κ3) is 3.73. The van der Waals surface area contributed by atoms with E-state index >= 15 is 0 Å². The Balaban J connectivity index is 1.86. The molecule has 1 aliphatic rings. The highest BCUT2D eigenvalue weighted by molar-refractivity contribution is 7.99. The van der Waals surface area contributed by atoms with Gasteiger partial charge in [0.15, 0.2) is 0 Å². The molecule has 0 spiro atoms. The van der Waals surface area contributed by atoms with Crippen LogP contribution in [0.3, 0.4) is 0 Å². The zero-order chi connectivity index (χ0) is 14.5. The van der Waals surface area contributed by atoms with Gasteiger partial charge in [-0.1, -0.05) is 36.0 Å². The van der Waals surface area contributed by atoms with Crippen molar-refractivity contribution in [1.29, 1.82) is 0 Å². The lowest BCUT2D eigenvalue weighted by Crippen LogP contribution is -2.20. The van der Waals surface area contributed by atoms with Gasteiger partial charge in [0.25, 0.3) is 0 Å². The molecular formula is C18H19NS2. The first-order valence-electron chi connectivity index (χ1n) is 7.18. The highest BCUT2D eigenvalue weighted by Gasteiger charge is 2.10. The van der Waals surface area contributed by atoms with Gasteiger partial charge in [-0.15, -0.1) is 11.8 Å². The fourth-order valence-electron chi connectivity index (χ4n) is 2.46. The summed E-state index contributed by atoms with van der Waals surface area (Å²) in [6, 6.07) is 17.6. The molecule has 2 aromatic rings. The fraction of sp³-hybridized carbons (Fsp3) is 0.222. The molecule has 0 saturated heterocycles. The van der Waals surface area contributed by atoms with Gasteiger partial charge in [0.05, 0.1) is 0 Å². The number of rotatable bonds is 4. The van der Waals surface area contributed by atoms with Crippen molar-refractivity contribution in [2.75, 3.05) is 19.3 Å². The molecular weight excluding hydrogens is 294 g/mol. The zero-order valence-corrected chi connectivity index (χ0v) is 13.8. The minimum atomic E-state index is 0.983. The number of nitrogens with one attached hydrogen (secondary N) is 1. The molecule has 0 aliphatic carbocycles. The fourth-order valence-corrected chi connectivity index (χ4v) is 3.85. The van der Waals surface area contributed by atoms with E-state index in [1.165, 1.54) is 25.8 Å². The van der Waals surface area contributed by atoms with E-state index in [0.29, 0.717) is 0 Å². The van der Waals surface area contributed by atoms with Crippen LogP contribution in [0.2, 0.25) is 0 Å². The van der Waals surface area contributed by atoms with E-state index in [-0.39, 0.29) is 0 Å². The predicted octanol–water partition coefficient (Wildman–Crippen LogP) is 4.94. The standard InChI is InChI=1S/C18H19NS2/c1-20-15-6-8-16(9-7-15)21-18-5-3-2-4-17(18)14-10-12-19-13-11-14/h2-10,19H,11-13H2,1H3. The highest BCUT2D eigenvalue weighted by Crippen LogP contribution is 2.35. The molecule has 0 radical (unpaired) electrons. The molecule has 0 amide bonds. The average molecular weight is 313 g/mol. The van der Waals surface area contributed by atoms with Crippen LogP contribution in [-0.2, 0) is 0 Å². The molecule has 1 N–H and O–H groups in total. The van der Waals surface area contributed by atoms with Crippen LogP contribution in [-0.4, -0.2) is 19.3 Å². The van der Waals surface area contributed by atoms with Crippen molar-refractivity contribution in [2.24, 2.45) is 0 Å². The van der Waals surface area contributed by atoms with Gasteiger partial charge in [-0.05, 0) is 60.7 Å². The molecule has 0 unspecified atom stereocenters. The lowest BCUT2D eigenvalue weighted by atomic mass is 10.0. The molecule has 2 aromatic carbocycles. The van der Waals surface area contributed by atoms with E-state index in [0.717, 1.165) is 19.5 Å². The van der Waals surface area contributed by atoms with Crippen LogP contribution in [0.25, 0.3) is 5.57 Å². The SMILES string of the molecule is CSc1ccc(Sc2ccccc2C2=CCNCC2)cc1. The maximum Gasteiger partial charge on any atom is 0.0197 e. The number of hydrogen-bond donors (Lipinski definition) is 1. The molecule has 1 nitrogen and oxygen atoms in total. The van der Waals surface area contributed by atoms with Gasteiger partial charge in [0, 0.05) is 21.2 Å². The lowest BCUT2D eigenvalue weighted by molar-refractivity contribution is 0.737. The van der Waals surface area contributed by atoms with Crippen LogP contribution in [0.4, 0.5) is 0 Å². The maximum absolute atomic E-state index is 3.38. The van der Waals surface area contributed by atoms with Gasteiger partial charge in [0.2, 0.25) is 0 Å². The minimum Gasteiger partial charge on any atom is -0.313 e. The lowest BCUT2D eigenvalue weighted by Gasteiger charge is -2.17. The Hall–Kier alpha value is -1.16. The van der Waals surface area contributed by atoms with E-state index in [1.807, 2.05) is 11.8 Å². The second-order valence-corrected chi connectivity index (χ2v) is 6.95. The zero-order valence-electron chi connectivity index (χ0n) is 12.1. The number of hydrogen-bond acceptors (Lipinski definition) is 3. The van der Waals surface area contributed by atoms with Crippen molar-refractivity contribution >= 4 is 29.1 Å². The summed E-state index contributed by atoms with van der Waals surface area (Å²) < 4.78 is 0. The van der Waals surface area contributed by atoms with Crippen molar-refractivity contribution in [1.82, 2.24) is 5.32 Å². The van der Waals surface area contributed by atoms with E-state index in [4.69, 9.17) is 0 Å². The van der Waals surface area contributed by atoms with Crippen molar-refractivity contribution in [2.45, 2.75) is 21.1 Å². The molecule has 1 heterocycles. The van der Waals surface area contributed by atoms with E-state index < -0.39 is 0 Å². The molecule has 1 aliphatic heterocycles. The van der Waals surface area contributed by atoms with E-state index in [1.54, 1.807) is 11.8 Å². The first-order chi connectivity index (χ1) is 10.4. The minimum absolute atomic E-state index is 0.983. The molecule has 0 atom stereocenters. The van der Waals surface area contributed by atoms with Gasteiger partial charge >= 0.3 is 0 Å². The summed E-state index contributed by atoms with van der Waals surface area (Å²) in [4.78, 5) is 3.96. The quantitative estimate of drug-likeness (QED) is 0.803. The summed E-state index contributed by atoms with van der Waals surface area (Å²) in [7, 11) is 0. The Kier molecular flexibility index (Phi) is 5.07. The summed E-state index contributed by atoms with van der Waals surface area (Å²) in [5, 5.41) is 3.38. The molecule has 21 heavy (non-hydrogen) atoms. The second kappa shape index (κ2) is 7.21. The topological polar surface area (TPSA) is 12.0 Å². The van der Waals surface area contributed by atoms with Gasteiger partial charge in [-0.2, -0.15) is 0 Å². The molecule has 3 rings (SSSR count). The molecule has 108 valence electrons. The molecule has 0 bridgehead atoms. The van der Waals surface area contributed by atoms with E-state index in [9.17, 15) is 0 Å². The summed E-state index contributed by atoms with van der Waals surface area (Å²) in [5.41, 5.74) is 2.86. The van der Waals surface area contributed by atoms with Crippen molar-refractivity contribution in [3.05, 3.63) is 60.2 Å². The largest absolute Gasteiger partial charge is 0.313 e. The first kappa shape index (κ1) is 14.8. The normalized spacial score (nSPS) is 14.8. The van der Waals surface area contributed by atoms with Crippen LogP contribution < -0.4 is 5.32 Å². The third-order valence-corrected chi connectivity index (χ3v) is 5.41. The Morgan fingerprint density at radius 1 is 0.952 bits per heavy atom. The summed E-state index contributed by atoms with van der Waals surface area (Å²) in [6.07, 6.45) is 5.55. The van der Waals surface area contributed by atoms with Crippen LogP contribution >= 0.6 is 23.5 Å².